The molecule has 1 aromatic carbocycles. The Hall–Kier alpha value is -2.97. The van der Waals surface area contributed by atoms with E-state index in [0.717, 1.165) is 0 Å². The van der Waals surface area contributed by atoms with Crippen LogP contribution in [0.5, 0.6) is 0 Å². The van der Waals surface area contributed by atoms with Crippen molar-refractivity contribution in [3.8, 4) is 0 Å². The van der Waals surface area contributed by atoms with E-state index in [1.807, 2.05) is 0 Å². The van der Waals surface area contributed by atoms with Crippen LogP contribution in [0.1, 0.15) is 31.4 Å². The summed E-state index contributed by atoms with van der Waals surface area (Å²) in [4.78, 5) is 37.9. The molecule has 0 atom stereocenters. The van der Waals surface area contributed by atoms with Gasteiger partial charge in [0.2, 0.25) is 5.82 Å². The van der Waals surface area contributed by atoms with Gasteiger partial charge >= 0.3 is 5.97 Å². The Morgan fingerprint density at radius 2 is 2.04 bits per heavy atom. The molecule has 23 heavy (non-hydrogen) atoms. The van der Waals surface area contributed by atoms with Crippen LogP contribution in [0, 0.1) is 10.1 Å². The second-order valence-corrected chi connectivity index (χ2v) is 5.87. The summed E-state index contributed by atoms with van der Waals surface area (Å²) in [7, 11) is 0. The molecule has 0 aliphatic heterocycles. The minimum absolute atomic E-state index is 0.00476. The first-order chi connectivity index (χ1) is 10.6. The van der Waals surface area contributed by atoms with Gasteiger partial charge in [-0.3, -0.25) is 19.7 Å². The number of rotatable bonds is 4. The largest absolute Gasteiger partial charge is 0.459 e. The Kier molecular flexibility index (Phi) is 4.04. The van der Waals surface area contributed by atoms with Crippen molar-refractivity contribution < 1.29 is 19.2 Å². The zero-order chi connectivity index (χ0) is 17.4. The van der Waals surface area contributed by atoms with Gasteiger partial charge in [-0.1, -0.05) is 6.07 Å². The third-order valence-corrected chi connectivity index (χ3v) is 2.88. The number of nitro benzene ring substituents is 1. The van der Waals surface area contributed by atoms with Crippen molar-refractivity contribution in [3.63, 3.8) is 0 Å². The first kappa shape index (κ1) is 16.4. The smallest absolute Gasteiger partial charge is 0.326 e. The minimum atomic E-state index is -0.890. The summed E-state index contributed by atoms with van der Waals surface area (Å²) < 4.78 is 6.42. The van der Waals surface area contributed by atoms with Crippen LogP contribution < -0.4 is 5.73 Å². The van der Waals surface area contributed by atoms with Crippen molar-refractivity contribution >= 4 is 28.6 Å². The number of nitrogens with zero attached hydrogens (tertiary/aromatic N) is 3. The van der Waals surface area contributed by atoms with Crippen molar-refractivity contribution in [2.75, 3.05) is 0 Å². The van der Waals surface area contributed by atoms with Crippen molar-refractivity contribution in [3.05, 3.63) is 34.1 Å². The maximum Gasteiger partial charge on any atom is 0.326 e. The molecule has 0 unspecified atom stereocenters. The molecule has 0 spiro atoms. The van der Waals surface area contributed by atoms with Gasteiger partial charge in [0.05, 0.1) is 10.4 Å². The third-order valence-electron chi connectivity index (χ3n) is 2.88. The summed E-state index contributed by atoms with van der Waals surface area (Å²) in [6.07, 6.45) is 0. The van der Waals surface area contributed by atoms with E-state index in [-0.39, 0.29) is 29.1 Å². The molecule has 1 amide bonds. The summed E-state index contributed by atoms with van der Waals surface area (Å²) >= 11 is 0. The Bertz CT molecular complexity index is 803. The van der Waals surface area contributed by atoms with Gasteiger partial charge in [0.25, 0.3) is 11.6 Å². The van der Waals surface area contributed by atoms with Crippen LogP contribution in [0.4, 0.5) is 5.69 Å². The fourth-order valence-corrected chi connectivity index (χ4v) is 2.13. The second kappa shape index (κ2) is 5.67. The van der Waals surface area contributed by atoms with E-state index in [0.29, 0.717) is 0 Å². The summed E-state index contributed by atoms with van der Waals surface area (Å²) in [6, 6.07) is 4.22. The molecule has 0 saturated carbocycles. The van der Waals surface area contributed by atoms with E-state index in [9.17, 15) is 19.7 Å². The van der Waals surface area contributed by atoms with Crippen LogP contribution in [0.2, 0.25) is 0 Å². The Balaban J connectivity index is 2.55. The highest BCUT2D eigenvalue weighted by Crippen LogP contribution is 2.26. The van der Waals surface area contributed by atoms with Crippen LogP contribution in [0.3, 0.4) is 0 Å². The lowest BCUT2D eigenvalue weighted by Gasteiger charge is -2.20. The van der Waals surface area contributed by atoms with Gasteiger partial charge in [-0.15, -0.1) is 0 Å². The molecule has 9 heteroatoms. The molecule has 2 N–H and O–H groups in total. The number of amides is 1. The Labute approximate surface area is 131 Å². The summed E-state index contributed by atoms with van der Waals surface area (Å²) in [5.41, 5.74) is 4.55. The number of nitro groups is 1. The zero-order valence-corrected chi connectivity index (χ0v) is 12.9. The van der Waals surface area contributed by atoms with Crippen molar-refractivity contribution in [1.82, 2.24) is 9.55 Å². The number of benzene rings is 1. The maximum atomic E-state index is 12.0. The summed E-state index contributed by atoms with van der Waals surface area (Å²) in [5.74, 6) is -1.73. The lowest BCUT2D eigenvalue weighted by Crippen LogP contribution is -2.28. The Morgan fingerprint density at radius 1 is 1.39 bits per heavy atom. The van der Waals surface area contributed by atoms with Gasteiger partial charge in [0.15, 0.2) is 5.52 Å². The fraction of sp³-hybridized carbons (Fsp3) is 0.357. The molecular formula is C14H16N4O5. The van der Waals surface area contributed by atoms with E-state index in [4.69, 9.17) is 10.5 Å². The molecule has 0 radical (unpaired) electrons. The van der Waals surface area contributed by atoms with Gasteiger partial charge < -0.3 is 15.0 Å². The highest BCUT2D eigenvalue weighted by atomic mass is 16.6. The van der Waals surface area contributed by atoms with Crippen molar-refractivity contribution in [1.29, 1.82) is 0 Å². The minimum Gasteiger partial charge on any atom is -0.459 e. The van der Waals surface area contributed by atoms with Gasteiger partial charge in [-0.05, 0) is 26.8 Å². The lowest BCUT2D eigenvalue weighted by atomic mass is 10.2. The third kappa shape index (κ3) is 3.44. The first-order valence-corrected chi connectivity index (χ1v) is 6.75. The standard InChI is InChI=1S/C14H16N4O5/c1-14(2,3)23-10(19)7-17-8-5-4-6-9(18(21)22)11(8)16-13(17)12(15)20/h4-6H,7H2,1-3H3,(H2,15,20). The molecule has 2 rings (SSSR count). The predicted molar refractivity (Wildman–Crippen MR) is 80.8 cm³/mol. The molecule has 9 nitrogen and oxygen atoms in total. The maximum absolute atomic E-state index is 12.0. The van der Waals surface area contributed by atoms with Gasteiger partial charge in [-0.2, -0.15) is 0 Å². The number of non-ortho nitro benzene ring substituents is 1. The van der Waals surface area contributed by atoms with E-state index >= 15 is 0 Å². The number of esters is 1. The number of imidazole rings is 1. The average Bonchev–Trinajstić information content (AvgIpc) is 2.75. The van der Waals surface area contributed by atoms with Gasteiger partial charge in [0.1, 0.15) is 12.1 Å². The highest BCUT2D eigenvalue weighted by molar-refractivity contribution is 5.96. The van der Waals surface area contributed by atoms with Gasteiger partial charge in [0, 0.05) is 6.07 Å². The highest BCUT2D eigenvalue weighted by Gasteiger charge is 2.25. The zero-order valence-electron chi connectivity index (χ0n) is 12.9. The SMILES string of the molecule is CC(C)(C)OC(=O)Cn1c(C(N)=O)nc2c([N+](=O)[O-])cccc21. The molecule has 0 aliphatic carbocycles. The molecule has 1 heterocycles. The number of carbonyl (C=O) groups is 2. The molecule has 0 fully saturated rings. The normalized spacial score (nSPS) is 11.4. The first-order valence-electron chi connectivity index (χ1n) is 6.75. The Morgan fingerprint density at radius 3 is 2.57 bits per heavy atom. The van der Waals surface area contributed by atoms with E-state index in [1.54, 1.807) is 20.8 Å². The van der Waals surface area contributed by atoms with Crippen LogP contribution in [0.15, 0.2) is 18.2 Å². The lowest BCUT2D eigenvalue weighted by molar-refractivity contribution is -0.383. The molecule has 0 saturated heterocycles. The fourth-order valence-electron chi connectivity index (χ4n) is 2.13. The molecule has 1 aromatic heterocycles. The van der Waals surface area contributed by atoms with Crippen LogP contribution >= 0.6 is 0 Å². The topological polar surface area (TPSA) is 130 Å². The predicted octanol–water partition coefficient (Wildman–Crippen LogP) is 1.39. The van der Waals surface area contributed by atoms with Crippen LogP contribution in [0.25, 0.3) is 11.0 Å². The number of para-hydroxylation sites is 1. The van der Waals surface area contributed by atoms with Gasteiger partial charge in [-0.25, -0.2) is 4.98 Å². The number of aromatic nitrogens is 2. The molecular weight excluding hydrogens is 304 g/mol. The molecule has 122 valence electrons. The van der Waals surface area contributed by atoms with Crippen LogP contribution in [-0.2, 0) is 16.1 Å². The molecule has 0 bridgehead atoms. The number of hydrogen-bond donors (Lipinski definition) is 1. The quantitative estimate of drug-likeness (QED) is 0.514. The monoisotopic (exact) mass is 320 g/mol. The van der Waals surface area contributed by atoms with Crippen molar-refractivity contribution in [2.45, 2.75) is 32.9 Å². The van der Waals surface area contributed by atoms with Crippen molar-refractivity contribution in [2.24, 2.45) is 5.73 Å². The van der Waals surface area contributed by atoms with Crippen LogP contribution in [-0.4, -0.2) is 32.0 Å². The number of fused-ring (bicyclic) bond motifs is 1. The molecule has 2 aromatic rings. The summed E-state index contributed by atoms with van der Waals surface area (Å²) in [6.45, 7) is 4.79. The van der Waals surface area contributed by atoms with E-state index in [2.05, 4.69) is 4.98 Å². The molecule has 0 aliphatic rings. The van der Waals surface area contributed by atoms with E-state index in [1.165, 1.54) is 22.8 Å². The number of primary amides is 1. The number of carbonyl (C=O) groups excluding carboxylic acids is 2. The number of hydrogen-bond acceptors (Lipinski definition) is 6. The number of ether oxygens (including phenoxy) is 1. The number of nitrogens with two attached hydrogens (primary N) is 1. The summed E-state index contributed by atoms with van der Waals surface area (Å²) in [5, 5.41) is 11.1. The second-order valence-electron chi connectivity index (χ2n) is 5.87. The van der Waals surface area contributed by atoms with E-state index < -0.39 is 22.4 Å². The average molecular weight is 320 g/mol.